The van der Waals surface area contributed by atoms with E-state index in [0.717, 1.165) is 23.7 Å². The van der Waals surface area contributed by atoms with Crippen molar-refractivity contribution < 1.29 is 14.2 Å². The monoisotopic (exact) mass is 237 g/mol. The number of ether oxygens (including phenoxy) is 3. The summed E-state index contributed by atoms with van der Waals surface area (Å²) in [6, 6.07) is 5.63. The van der Waals surface area contributed by atoms with E-state index in [1.807, 2.05) is 18.2 Å². The van der Waals surface area contributed by atoms with Gasteiger partial charge in [-0.2, -0.15) is 0 Å². The van der Waals surface area contributed by atoms with Crippen LogP contribution < -0.4 is 19.9 Å². The maximum atomic E-state index is 6.01. The highest BCUT2D eigenvalue weighted by atomic mass is 16.7. The van der Waals surface area contributed by atoms with Crippen LogP contribution in [0.15, 0.2) is 18.2 Å². The van der Waals surface area contributed by atoms with Gasteiger partial charge >= 0.3 is 0 Å². The first kappa shape index (κ1) is 12.0. The average Bonchev–Trinajstić information content (AvgIpc) is 2.82. The molecule has 1 heterocycles. The molecule has 1 aliphatic heterocycles. The Morgan fingerprint density at radius 1 is 1.35 bits per heavy atom. The standard InChI is InChI=1S/C13H19NO3/c1-3-9(2)11(14)7-15-10-4-5-12-13(6-10)17-8-16-12/h4-6,9,11H,3,7-8,14H2,1-2H3. The third kappa shape index (κ3) is 2.82. The van der Waals surface area contributed by atoms with Crippen LogP contribution in [0.2, 0.25) is 0 Å². The minimum atomic E-state index is 0.0606. The molecular formula is C13H19NO3. The maximum Gasteiger partial charge on any atom is 0.231 e. The van der Waals surface area contributed by atoms with Crippen molar-refractivity contribution in [2.24, 2.45) is 11.7 Å². The Morgan fingerprint density at radius 3 is 2.88 bits per heavy atom. The molecule has 0 aromatic heterocycles. The molecule has 2 unspecified atom stereocenters. The summed E-state index contributed by atoms with van der Waals surface area (Å²) in [5.74, 6) is 2.74. The van der Waals surface area contributed by atoms with E-state index in [0.29, 0.717) is 12.5 Å². The Morgan fingerprint density at radius 2 is 2.12 bits per heavy atom. The van der Waals surface area contributed by atoms with Crippen LogP contribution >= 0.6 is 0 Å². The number of hydrogen-bond acceptors (Lipinski definition) is 4. The van der Waals surface area contributed by atoms with Gasteiger partial charge in [0, 0.05) is 12.1 Å². The van der Waals surface area contributed by atoms with Gasteiger partial charge in [-0.1, -0.05) is 20.3 Å². The van der Waals surface area contributed by atoms with Gasteiger partial charge in [0.25, 0.3) is 0 Å². The van der Waals surface area contributed by atoms with Gasteiger partial charge in [-0.05, 0) is 18.1 Å². The minimum Gasteiger partial charge on any atom is -0.492 e. The Bertz CT molecular complexity index is 381. The van der Waals surface area contributed by atoms with Crippen molar-refractivity contribution in [2.75, 3.05) is 13.4 Å². The van der Waals surface area contributed by atoms with Gasteiger partial charge in [0.1, 0.15) is 12.4 Å². The fourth-order valence-corrected chi connectivity index (χ4v) is 1.63. The molecule has 0 radical (unpaired) electrons. The second-order valence-corrected chi connectivity index (χ2v) is 4.38. The van der Waals surface area contributed by atoms with Crippen LogP contribution in [0.1, 0.15) is 20.3 Å². The Hall–Kier alpha value is -1.42. The van der Waals surface area contributed by atoms with Crippen molar-refractivity contribution in [1.29, 1.82) is 0 Å². The van der Waals surface area contributed by atoms with E-state index >= 15 is 0 Å². The highest BCUT2D eigenvalue weighted by Crippen LogP contribution is 2.35. The highest BCUT2D eigenvalue weighted by molar-refractivity contribution is 5.46. The largest absolute Gasteiger partial charge is 0.492 e. The van der Waals surface area contributed by atoms with Crippen molar-refractivity contribution in [3.8, 4) is 17.2 Å². The van der Waals surface area contributed by atoms with Crippen LogP contribution in [0, 0.1) is 5.92 Å². The summed E-state index contributed by atoms with van der Waals surface area (Å²) in [6.45, 7) is 5.07. The molecule has 0 saturated carbocycles. The molecule has 0 saturated heterocycles. The predicted molar refractivity (Wildman–Crippen MR) is 65.5 cm³/mol. The SMILES string of the molecule is CCC(C)C(N)COc1ccc2c(c1)OCO2. The van der Waals surface area contributed by atoms with Crippen molar-refractivity contribution in [3.63, 3.8) is 0 Å². The number of rotatable bonds is 5. The van der Waals surface area contributed by atoms with Gasteiger partial charge in [-0.25, -0.2) is 0 Å². The zero-order chi connectivity index (χ0) is 12.3. The van der Waals surface area contributed by atoms with E-state index in [-0.39, 0.29) is 12.8 Å². The number of benzene rings is 1. The van der Waals surface area contributed by atoms with Crippen molar-refractivity contribution >= 4 is 0 Å². The van der Waals surface area contributed by atoms with Gasteiger partial charge in [0.2, 0.25) is 6.79 Å². The van der Waals surface area contributed by atoms with Gasteiger partial charge in [-0.15, -0.1) is 0 Å². The normalized spacial score (nSPS) is 16.6. The van der Waals surface area contributed by atoms with Gasteiger partial charge in [-0.3, -0.25) is 0 Å². The molecule has 0 aliphatic carbocycles. The molecular weight excluding hydrogens is 218 g/mol. The molecule has 4 heteroatoms. The lowest BCUT2D eigenvalue weighted by atomic mass is 10.0. The molecule has 0 fully saturated rings. The van der Waals surface area contributed by atoms with Crippen molar-refractivity contribution in [2.45, 2.75) is 26.3 Å². The predicted octanol–water partition coefficient (Wildman–Crippen LogP) is 2.17. The molecule has 2 N–H and O–H groups in total. The van der Waals surface area contributed by atoms with Crippen LogP contribution in [-0.4, -0.2) is 19.4 Å². The van der Waals surface area contributed by atoms with Crippen molar-refractivity contribution in [1.82, 2.24) is 0 Å². The molecule has 2 atom stereocenters. The van der Waals surface area contributed by atoms with E-state index in [1.54, 1.807) is 0 Å². The van der Waals surface area contributed by atoms with Crippen LogP contribution in [0.25, 0.3) is 0 Å². The third-order valence-electron chi connectivity index (χ3n) is 3.16. The molecule has 94 valence electrons. The summed E-state index contributed by atoms with van der Waals surface area (Å²) in [4.78, 5) is 0. The smallest absolute Gasteiger partial charge is 0.231 e. The first-order chi connectivity index (χ1) is 8.20. The Labute approximate surface area is 102 Å². The number of nitrogens with two attached hydrogens (primary N) is 1. The van der Waals surface area contributed by atoms with E-state index in [1.165, 1.54) is 0 Å². The fraction of sp³-hybridized carbons (Fsp3) is 0.538. The summed E-state index contributed by atoms with van der Waals surface area (Å²) >= 11 is 0. The van der Waals surface area contributed by atoms with E-state index in [4.69, 9.17) is 19.9 Å². The molecule has 1 aromatic carbocycles. The highest BCUT2D eigenvalue weighted by Gasteiger charge is 2.15. The lowest BCUT2D eigenvalue weighted by molar-refractivity contribution is 0.173. The van der Waals surface area contributed by atoms with Gasteiger partial charge in [0.05, 0.1) is 0 Å². The first-order valence-electron chi connectivity index (χ1n) is 5.98. The van der Waals surface area contributed by atoms with Gasteiger partial charge in [0.15, 0.2) is 11.5 Å². The zero-order valence-corrected chi connectivity index (χ0v) is 10.3. The van der Waals surface area contributed by atoms with Gasteiger partial charge < -0.3 is 19.9 Å². The molecule has 0 amide bonds. The zero-order valence-electron chi connectivity index (χ0n) is 10.3. The quantitative estimate of drug-likeness (QED) is 0.852. The minimum absolute atomic E-state index is 0.0606. The molecule has 17 heavy (non-hydrogen) atoms. The molecule has 0 spiro atoms. The topological polar surface area (TPSA) is 53.7 Å². The van der Waals surface area contributed by atoms with Crippen LogP contribution in [0.4, 0.5) is 0 Å². The maximum absolute atomic E-state index is 6.01. The number of hydrogen-bond donors (Lipinski definition) is 1. The Balaban J connectivity index is 1.91. The first-order valence-corrected chi connectivity index (χ1v) is 5.98. The van der Waals surface area contributed by atoms with Crippen LogP contribution in [0.3, 0.4) is 0 Å². The second kappa shape index (κ2) is 5.27. The molecule has 4 nitrogen and oxygen atoms in total. The van der Waals surface area contributed by atoms with Crippen LogP contribution in [0.5, 0.6) is 17.2 Å². The number of fused-ring (bicyclic) bond motifs is 1. The lowest BCUT2D eigenvalue weighted by Gasteiger charge is -2.18. The summed E-state index contributed by atoms with van der Waals surface area (Å²) in [5, 5.41) is 0. The third-order valence-corrected chi connectivity index (χ3v) is 3.16. The van der Waals surface area contributed by atoms with Crippen LogP contribution in [-0.2, 0) is 0 Å². The summed E-state index contributed by atoms with van der Waals surface area (Å²) in [7, 11) is 0. The molecule has 0 bridgehead atoms. The van der Waals surface area contributed by atoms with E-state index in [2.05, 4.69) is 13.8 Å². The average molecular weight is 237 g/mol. The molecule has 1 aliphatic rings. The Kier molecular flexibility index (Phi) is 3.74. The molecule has 2 rings (SSSR count). The molecule has 1 aromatic rings. The second-order valence-electron chi connectivity index (χ2n) is 4.38. The summed E-state index contributed by atoms with van der Waals surface area (Å²) < 4.78 is 16.2. The lowest BCUT2D eigenvalue weighted by Crippen LogP contribution is -2.34. The summed E-state index contributed by atoms with van der Waals surface area (Å²) in [6.07, 6.45) is 1.06. The van der Waals surface area contributed by atoms with E-state index in [9.17, 15) is 0 Å². The summed E-state index contributed by atoms with van der Waals surface area (Å²) in [5.41, 5.74) is 6.01. The fourth-order valence-electron chi connectivity index (χ4n) is 1.63. The van der Waals surface area contributed by atoms with E-state index < -0.39 is 0 Å². The van der Waals surface area contributed by atoms with Crippen molar-refractivity contribution in [3.05, 3.63) is 18.2 Å².